The molecule has 0 bridgehead atoms. The molecule has 1 fully saturated rings. The van der Waals surface area contributed by atoms with Gasteiger partial charge in [-0.2, -0.15) is 0 Å². The summed E-state index contributed by atoms with van der Waals surface area (Å²) in [6.45, 7) is 7.91. The normalized spacial score (nSPS) is 25.4. The molecular formula is C16H25BrN2. The molecule has 1 aromatic carbocycles. The zero-order valence-corrected chi connectivity index (χ0v) is 13.8. The van der Waals surface area contributed by atoms with Crippen LogP contribution in [0.15, 0.2) is 22.7 Å². The lowest BCUT2D eigenvalue weighted by molar-refractivity contribution is 0.363. The van der Waals surface area contributed by atoms with E-state index in [-0.39, 0.29) is 6.04 Å². The van der Waals surface area contributed by atoms with Gasteiger partial charge in [-0.25, -0.2) is 0 Å². The number of piperidine rings is 1. The van der Waals surface area contributed by atoms with E-state index in [0.717, 1.165) is 18.9 Å². The van der Waals surface area contributed by atoms with Crippen LogP contribution in [-0.4, -0.2) is 18.6 Å². The SMILES string of the molecule is CC(N)Cc1ccc(N2CCCC(C)C2C)c(Br)c1. The summed E-state index contributed by atoms with van der Waals surface area (Å²) in [6, 6.07) is 7.52. The summed E-state index contributed by atoms with van der Waals surface area (Å²) in [5.74, 6) is 0.768. The van der Waals surface area contributed by atoms with Crippen molar-refractivity contribution in [2.45, 2.75) is 52.1 Å². The highest BCUT2D eigenvalue weighted by atomic mass is 79.9. The van der Waals surface area contributed by atoms with Crippen LogP contribution in [0.25, 0.3) is 0 Å². The lowest BCUT2D eigenvalue weighted by Crippen LogP contribution is -2.42. The van der Waals surface area contributed by atoms with Gasteiger partial charge in [-0.3, -0.25) is 0 Å². The molecule has 1 aromatic rings. The number of rotatable bonds is 3. The molecule has 3 atom stereocenters. The van der Waals surface area contributed by atoms with Crippen LogP contribution in [0.2, 0.25) is 0 Å². The first-order chi connectivity index (χ1) is 8.99. The van der Waals surface area contributed by atoms with Crippen LogP contribution in [0, 0.1) is 5.92 Å². The van der Waals surface area contributed by atoms with Crippen LogP contribution in [0.5, 0.6) is 0 Å². The third-order valence-electron chi connectivity index (χ3n) is 4.25. The first-order valence-electron chi connectivity index (χ1n) is 7.29. The predicted octanol–water partition coefficient (Wildman–Crippen LogP) is 3.96. The van der Waals surface area contributed by atoms with Crippen molar-refractivity contribution in [2.75, 3.05) is 11.4 Å². The largest absolute Gasteiger partial charge is 0.368 e. The summed E-state index contributed by atoms with van der Waals surface area (Å²) < 4.78 is 1.20. The highest BCUT2D eigenvalue weighted by Crippen LogP contribution is 2.34. The van der Waals surface area contributed by atoms with Crippen molar-refractivity contribution in [3.63, 3.8) is 0 Å². The number of benzene rings is 1. The zero-order valence-electron chi connectivity index (χ0n) is 12.2. The van der Waals surface area contributed by atoms with Gasteiger partial charge in [-0.1, -0.05) is 13.0 Å². The third kappa shape index (κ3) is 3.51. The Morgan fingerprint density at radius 1 is 1.42 bits per heavy atom. The maximum absolute atomic E-state index is 5.87. The summed E-state index contributed by atoms with van der Waals surface area (Å²) in [6.07, 6.45) is 3.57. The highest BCUT2D eigenvalue weighted by Gasteiger charge is 2.25. The van der Waals surface area contributed by atoms with E-state index >= 15 is 0 Å². The van der Waals surface area contributed by atoms with Gasteiger partial charge in [-0.05, 0) is 72.7 Å². The second-order valence-electron chi connectivity index (χ2n) is 6.02. The van der Waals surface area contributed by atoms with E-state index in [0.29, 0.717) is 6.04 Å². The van der Waals surface area contributed by atoms with Gasteiger partial charge in [0, 0.05) is 23.1 Å². The Labute approximate surface area is 125 Å². The number of halogens is 1. The molecule has 1 heterocycles. The van der Waals surface area contributed by atoms with Crippen LogP contribution in [0.1, 0.15) is 39.2 Å². The minimum absolute atomic E-state index is 0.215. The molecule has 19 heavy (non-hydrogen) atoms. The molecule has 106 valence electrons. The fourth-order valence-corrected chi connectivity index (χ4v) is 3.61. The molecule has 0 aliphatic carbocycles. The number of anilines is 1. The van der Waals surface area contributed by atoms with E-state index < -0.39 is 0 Å². The van der Waals surface area contributed by atoms with E-state index in [2.05, 4.69) is 59.8 Å². The Bertz CT molecular complexity index is 431. The molecule has 0 spiro atoms. The average Bonchev–Trinajstić information content (AvgIpc) is 2.33. The average molecular weight is 325 g/mol. The number of hydrogen-bond acceptors (Lipinski definition) is 2. The molecular weight excluding hydrogens is 300 g/mol. The Balaban J connectivity index is 2.20. The van der Waals surface area contributed by atoms with E-state index in [1.54, 1.807) is 0 Å². The van der Waals surface area contributed by atoms with Gasteiger partial charge in [0.1, 0.15) is 0 Å². The minimum atomic E-state index is 0.215. The van der Waals surface area contributed by atoms with Gasteiger partial charge < -0.3 is 10.6 Å². The molecule has 2 N–H and O–H groups in total. The standard InChI is InChI=1S/C16H25BrN2/c1-11-5-4-8-19(13(11)3)16-7-6-14(9-12(2)18)10-15(16)17/h6-7,10-13H,4-5,8-9,18H2,1-3H3. The summed E-state index contributed by atoms with van der Waals surface area (Å²) in [5.41, 5.74) is 8.50. The van der Waals surface area contributed by atoms with Crippen molar-refractivity contribution >= 4 is 21.6 Å². The van der Waals surface area contributed by atoms with Crippen molar-refractivity contribution in [3.8, 4) is 0 Å². The second kappa shape index (κ2) is 6.27. The van der Waals surface area contributed by atoms with Gasteiger partial charge in [0.05, 0.1) is 5.69 Å². The molecule has 0 aromatic heterocycles. The molecule has 1 aliphatic rings. The molecule has 3 unspecified atom stereocenters. The lowest BCUT2D eigenvalue weighted by atomic mass is 9.91. The molecule has 3 heteroatoms. The fraction of sp³-hybridized carbons (Fsp3) is 0.625. The van der Waals surface area contributed by atoms with E-state index in [1.165, 1.54) is 28.6 Å². The summed E-state index contributed by atoms with van der Waals surface area (Å²) >= 11 is 3.74. The molecule has 0 amide bonds. The molecule has 0 saturated carbocycles. The second-order valence-corrected chi connectivity index (χ2v) is 6.88. The van der Waals surface area contributed by atoms with Gasteiger partial charge in [0.2, 0.25) is 0 Å². The van der Waals surface area contributed by atoms with Crippen molar-refractivity contribution in [1.29, 1.82) is 0 Å². The summed E-state index contributed by atoms with van der Waals surface area (Å²) in [7, 11) is 0. The Kier molecular flexibility index (Phi) is 4.91. The fourth-order valence-electron chi connectivity index (χ4n) is 2.96. The quantitative estimate of drug-likeness (QED) is 0.911. The summed E-state index contributed by atoms with van der Waals surface area (Å²) in [4.78, 5) is 2.54. The topological polar surface area (TPSA) is 29.3 Å². The van der Waals surface area contributed by atoms with Crippen molar-refractivity contribution in [2.24, 2.45) is 11.7 Å². The van der Waals surface area contributed by atoms with Crippen molar-refractivity contribution < 1.29 is 0 Å². The Morgan fingerprint density at radius 2 is 2.16 bits per heavy atom. The van der Waals surface area contributed by atoms with Crippen molar-refractivity contribution in [1.82, 2.24) is 0 Å². The first kappa shape index (κ1) is 14.9. The number of nitrogens with zero attached hydrogens (tertiary/aromatic N) is 1. The smallest absolute Gasteiger partial charge is 0.0513 e. The van der Waals surface area contributed by atoms with Gasteiger partial charge in [0.25, 0.3) is 0 Å². The van der Waals surface area contributed by atoms with Crippen LogP contribution in [0.3, 0.4) is 0 Å². The summed E-state index contributed by atoms with van der Waals surface area (Å²) in [5, 5.41) is 0. The third-order valence-corrected chi connectivity index (χ3v) is 4.89. The van der Waals surface area contributed by atoms with Gasteiger partial charge in [0.15, 0.2) is 0 Å². The predicted molar refractivity (Wildman–Crippen MR) is 86.7 cm³/mol. The monoisotopic (exact) mass is 324 g/mol. The zero-order chi connectivity index (χ0) is 14.0. The maximum atomic E-state index is 5.87. The molecule has 1 saturated heterocycles. The van der Waals surface area contributed by atoms with Crippen LogP contribution in [-0.2, 0) is 6.42 Å². The maximum Gasteiger partial charge on any atom is 0.0513 e. The van der Waals surface area contributed by atoms with Gasteiger partial charge in [-0.15, -0.1) is 0 Å². The lowest BCUT2D eigenvalue weighted by Gasteiger charge is -2.40. The minimum Gasteiger partial charge on any atom is -0.368 e. The highest BCUT2D eigenvalue weighted by molar-refractivity contribution is 9.10. The Hall–Kier alpha value is -0.540. The van der Waals surface area contributed by atoms with Crippen LogP contribution < -0.4 is 10.6 Å². The van der Waals surface area contributed by atoms with E-state index in [1.807, 2.05) is 0 Å². The van der Waals surface area contributed by atoms with Crippen LogP contribution >= 0.6 is 15.9 Å². The number of hydrogen-bond donors (Lipinski definition) is 1. The van der Waals surface area contributed by atoms with Crippen LogP contribution in [0.4, 0.5) is 5.69 Å². The van der Waals surface area contributed by atoms with E-state index in [9.17, 15) is 0 Å². The molecule has 2 rings (SSSR count). The molecule has 2 nitrogen and oxygen atoms in total. The van der Waals surface area contributed by atoms with Crippen molar-refractivity contribution in [3.05, 3.63) is 28.2 Å². The van der Waals surface area contributed by atoms with Gasteiger partial charge >= 0.3 is 0 Å². The molecule has 1 aliphatic heterocycles. The number of nitrogens with two attached hydrogens (primary N) is 1. The Morgan fingerprint density at radius 3 is 2.79 bits per heavy atom. The molecule has 0 radical (unpaired) electrons. The van der Waals surface area contributed by atoms with E-state index in [4.69, 9.17) is 5.73 Å². The first-order valence-corrected chi connectivity index (χ1v) is 8.09.